The van der Waals surface area contributed by atoms with Crippen molar-refractivity contribution in [1.82, 2.24) is 0 Å². The summed E-state index contributed by atoms with van der Waals surface area (Å²) in [5, 5.41) is 0.923. The number of rotatable bonds is 3. The van der Waals surface area contributed by atoms with Crippen LogP contribution in [0.2, 0.25) is 0 Å². The van der Waals surface area contributed by atoms with Crippen LogP contribution in [-0.4, -0.2) is 16.8 Å². The minimum Gasteiger partial charge on any atom is -0.112 e. The van der Waals surface area contributed by atoms with E-state index in [1.165, 1.54) is 24.3 Å². The third kappa shape index (κ3) is 4.31. The van der Waals surface area contributed by atoms with Crippen LogP contribution in [0.1, 0.15) is 26.7 Å². The summed E-state index contributed by atoms with van der Waals surface area (Å²) in [7, 11) is 0. The molecule has 1 saturated heterocycles. The van der Waals surface area contributed by atoms with Gasteiger partial charge in [-0.2, -0.15) is 0 Å². The molecule has 2 atom stereocenters. The van der Waals surface area contributed by atoms with Crippen molar-refractivity contribution in [2.45, 2.75) is 31.9 Å². The van der Waals surface area contributed by atoms with Gasteiger partial charge in [0.15, 0.2) is 0 Å². The largest absolute Gasteiger partial charge is 0.112 e. The van der Waals surface area contributed by atoms with E-state index in [0.29, 0.717) is 0 Å². The lowest BCUT2D eigenvalue weighted by molar-refractivity contribution is 0.923. The monoisotopic (exact) mass is 226 g/mol. The van der Waals surface area contributed by atoms with Crippen LogP contribution in [0.3, 0.4) is 0 Å². The summed E-state index contributed by atoms with van der Waals surface area (Å²) < 4.78 is 0. The molecule has 11 heavy (non-hydrogen) atoms. The first-order valence-electron chi connectivity index (χ1n) is 4.05. The van der Waals surface area contributed by atoms with Gasteiger partial charge in [0.25, 0.3) is 0 Å². The van der Waals surface area contributed by atoms with Gasteiger partial charge in [-0.15, -0.1) is 34.1 Å². The lowest BCUT2D eigenvalue weighted by Gasteiger charge is -2.24. The highest BCUT2D eigenvalue weighted by atomic mass is 33.4. The molecular weight excluding hydrogens is 211 g/mol. The Labute approximate surface area is 83.0 Å². The van der Waals surface area contributed by atoms with Gasteiger partial charge in [-0.1, -0.05) is 13.8 Å². The Balaban J connectivity index is 2.12. The van der Waals surface area contributed by atoms with Gasteiger partial charge in [0, 0.05) is 11.0 Å². The van der Waals surface area contributed by atoms with Gasteiger partial charge in [-0.25, -0.2) is 0 Å². The van der Waals surface area contributed by atoms with E-state index >= 15 is 0 Å². The molecule has 0 bridgehead atoms. The van der Waals surface area contributed by atoms with Crippen molar-refractivity contribution in [3.05, 3.63) is 0 Å². The van der Waals surface area contributed by atoms with Crippen LogP contribution in [0.25, 0.3) is 0 Å². The molecule has 0 aromatic carbocycles. The molecule has 66 valence electrons. The van der Waals surface area contributed by atoms with Crippen LogP contribution in [0.5, 0.6) is 0 Å². The van der Waals surface area contributed by atoms with Crippen LogP contribution in [0.4, 0.5) is 0 Å². The summed E-state index contributed by atoms with van der Waals surface area (Å²) in [4.78, 5) is 0. The van der Waals surface area contributed by atoms with Crippen LogP contribution in [0.15, 0.2) is 0 Å². The fourth-order valence-electron chi connectivity index (χ4n) is 0.757. The maximum Gasteiger partial charge on any atom is 0.0731 e. The third-order valence-corrected chi connectivity index (χ3v) is 12.9. The van der Waals surface area contributed by atoms with E-state index in [0.717, 1.165) is 5.25 Å². The van der Waals surface area contributed by atoms with Gasteiger partial charge in [0.2, 0.25) is 0 Å². The van der Waals surface area contributed by atoms with Gasteiger partial charge in [-0.3, -0.25) is 0 Å². The summed E-state index contributed by atoms with van der Waals surface area (Å²) >= 11 is 6.61. The zero-order chi connectivity index (χ0) is 8.10. The fraction of sp³-hybridized carbons (Fsp3) is 1.00. The van der Waals surface area contributed by atoms with Crippen molar-refractivity contribution in [3.63, 3.8) is 0 Å². The Morgan fingerprint density at radius 2 is 2.45 bits per heavy atom. The highest BCUT2D eigenvalue weighted by Crippen LogP contribution is 2.73. The highest BCUT2D eigenvalue weighted by molar-refractivity contribution is 9.12. The van der Waals surface area contributed by atoms with Crippen LogP contribution in [-0.2, 0) is 0 Å². The second-order valence-electron chi connectivity index (χ2n) is 2.59. The molecular formula is C7H15PS3. The second-order valence-corrected chi connectivity index (χ2v) is 12.9. The molecule has 0 saturated carbocycles. The van der Waals surface area contributed by atoms with Crippen LogP contribution in [0, 0.1) is 0 Å². The van der Waals surface area contributed by atoms with E-state index in [-0.39, 0.29) is 5.53 Å². The molecule has 0 aromatic rings. The molecule has 0 N–H and O–H groups in total. The molecule has 4 heteroatoms. The lowest BCUT2D eigenvalue weighted by atomic mass is 10.4. The average Bonchev–Trinajstić information content (AvgIpc) is 2.01. The SMILES string of the molecule is CCCSP1SCCC(C)S1. The van der Waals surface area contributed by atoms with Gasteiger partial charge >= 0.3 is 0 Å². The summed E-state index contributed by atoms with van der Waals surface area (Å²) in [6.45, 7) is 4.64. The number of hydrogen-bond donors (Lipinski definition) is 0. The first kappa shape index (κ1) is 10.6. The second kappa shape index (κ2) is 6.01. The maximum atomic E-state index is 2.37. The van der Waals surface area contributed by atoms with E-state index in [2.05, 4.69) is 48.0 Å². The molecule has 0 radical (unpaired) electrons. The smallest absolute Gasteiger partial charge is 0.0731 e. The first-order valence-corrected chi connectivity index (χ1v) is 10.1. The van der Waals surface area contributed by atoms with Gasteiger partial charge < -0.3 is 0 Å². The van der Waals surface area contributed by atoms with Crippen LogP contribution < -0.4 is 0 Å². The highest BCUT2D eigenvalue weighted by Gasteiger charge is 2.19. The summed E-state index contributed by atoms with van der Waals surface area (Å²) in [5.41, 5.74) is 0.233. The van der Waals surface area contributed by atoms with E-state index in [1.807, 2.05) is 0 Å². The zero-order valence-corrected chi connectivity index (χ0v) is 10.4. The zero-order valence-electron chi connectivity index (χ0n) is 7.08. The maximum absolute atomic E-state index is 2.37. The predicted molar refractivity (Wildman–Crippen MR) is 63.8 cm³/mol. The Kier molecular flexibility index (Phi) is 5.77. The van der Waals surface area contributed by atoms with Crippen molar-refractivity contribution in [2.24, 2.45) is 0 Å². The molecule has 2 unspecified atom stereocenters. The van der Waals surface area contributed by atoms with Gasteiger partial charge in [-0.05, 0) is 18.6 Å². The standard InChI is InChI=1S/C7H15PS3/c1-3-5-9-8-10-6-4-7(2)11-8/h7H,3-6H2,1-2H3. The summed E-state index contributed by atoms with van der Waals surface area (Å²) in [6, 6.07) is 0. The predicted octanol–water partition coefficient (Wildman–Crippen LogP) is 4.62. The first-order chi connectivity index (χ1) is 5.33. The Hall–Kier alpha value is 1.48. The number of hydrogen-bond acceptors (Lipinski definition) is 3. The van der Waals surface area contributed by atoms with Gasteiger partial charge in [0.05, 0.1) is 5.53 Å². The molecule has 1 aliphatic heterocycles. The van der Waals surface area contributed by atoms with Crippen molar-refractivity contribution in [1.29, 1.82) is 0 Å². The van der Waals surface area contributed by atoms with E-state index < -0.39 is 0 Å². The molecule has 0 amide bonds. The third-order valence-electron chi connectivity index (χ3n) is 1.39. The summed E-state index contributed by atoms with van der Waals surface area (Å²) in [6.07, 6.45) is 2.75. The molecule has 0 aromatic heterocycles. The average molecular weight is 226 g/mol. The Morgan fingerprint density at radius 1 is 1.64 bits per heavy atom. The van der Waals surface area contributed by atoms with Crippen molar-refractivity contribution in [2.75, 3.05) is 11.5 Å². The molecule has 0 nitrogen and oxygen atoms in total. The quantitative estimate of drug-likeness (QED) is 0.645. The van der Waals surface area contributed by atoms with Crippen molar-refractivity contribution < 1.29 is 0 Å². The molecule has 1 heterocycles. The molecule has 1 fully saturated rings. The Morgan fingerprint density at radius 3 is 3.09 bits per heavy atom. The van der Waals surface area contributed by atoms with Gasteiger partial charge in [0.1, 0.15) is 0 Å². The van der Waals surface area contributed by atoms with E-state index in [1.54, 1.807) is 0 Å². The minimum atomic E-state index is 0.233. The molecule has 1 rings (SSSR count). The molecule has 0 aliphatic carbocycles. The minimum absolute atomic E-state index is 0.233. The lowest BCUT2D eigenvalue weighted by Crippen LogP contribution is -1.99. The fourth-order valence-corrected chi connectivity index (χ4v) is 13.2. The van der Waals surface area contributed by atoms with Crippen LogP contribution >= 0.6 is 39.7 Å². The van der Waals surface area contributed by atoms with E-state index in [9.17, 15) is 0 Å². The normalized spacial score (nSPS) is 32.2. The molecule has 0 spiro atoms. The summed E-state index contributed by atoms with van der Waals surface area (Å²) in [5.74, 6) is 2.76. The Bertz CT molecular complexity index is 110. The van der Waals surface area contributed by atoms with Crippen molar-refractivity contribution >= 4 is 39.7 Å². The molecule has 1 aliphatic rings. The topological polar surface area (TPSA) is 0 Å². The van der Waals surface area contributed by atoms with Crippen molar-refractivity contribution in [3.8, 4) is 0 Å². The van der Waals surface area contributed by atoms with E-state index in [4.69, 9.17) is 0 Å².